The third kappa shape index (κ3) is 5.55. The first kappa shape index (κ1) is 13.0. The van der Waals surface area contributed by atoms with Crippen molar-refractivity contribution in [2.75, 3.05) is 0 Å². The number of hydrogen-bond acceptors (Lipinski definition) is 1. The van der Waals surface area contributed by atoms with E-state index in [0.29, 0.717) is 12.2 Å². The molecule has 0 aromatic carbocycles. The van der Waals surface area contributed by atoms with Gasteiger partial charge in [0.2, 0.25) is 0 Å². The van der Waals surface area contributed by atoms with Gasteiger partial charge in [-0.3, -0.25) is 0 Å². The molecular weight excluding hydrogens is 184 g/mol. The van der Waals surface area contributed by atoms with Crippen LogP contribution in [0.4, 0.5) is 0 Å². The molecule has 1 saturated heterocycles. The van der Waals surface area contributed by atoms with Crippen LogP contribution >= 0.6 is 0 Å². The van der Waals surface area contributed by atoms with E-state index in [2.05, 4.69) is 13.8 Å². The van der Waals surface area contributed by atoms with Crippen LogP contribution in [0.25, 0.3) is 0 Å². The fraction of sp³-hybridized carbons (Fsp3) is 1.00. The van der Waals surface area contributed by atoms with E-state index in [0.717, 1.165) is 0 Å². The predicted molar refractivity (Wildman–Crippen MR) is 66.2 cm³/mol. The second kappa shape index (κ2) is 8.15. The minimum atomic E-state index is 0.559. The molecule has 0 unspecified atom stereocenters. The fourth-order valence-electron chi connectivity index (χ4n) is 2.46. The summed E-state index contributed by atoms with van der Waals surface area (Å²) < 4.78 is 6.14. The van der Waals surface area contributed by atoms with Gasteiger partial charge in [0.05, 0.1) is 12.2 Å². The average Bonchev–Trinajstić information content (AvgIpc) is 2.49. The Kier molecular flexibility index (Phi) is 7.08. The van der Waals surface area contributed by atoms with E-state index in [1.807, 2.05) is 0 Å². The van der Waals surface area contributed by atoms with E-state index < -0.39 is 0 Å². The van der Waals surface area contributed by atoms with Crippen LogP contribution in [0.3, 0.4) is 0 Å². The Bertz CT molecular complexity index is 144. The summed E-state index contributed by atoms with van der Waals surface area (Å²) in [7, 11) is 0. The van der Waals surface area contributed by atoms with Crippen molar-refractivity contribution >= 4 is 0 Å². The zero-order valence-electron chi connectivity index (χ0n) is 10.6. The lowest BCUT2D eigenvalue weighted by molar-refractivity contribution is -0.0148. The largest absolute Gasteiger partial charge is 0.375 e. The van der Waals surface area contributed by atoms with Gasteiger partial charge in [0.1, 0.15) is 0 Å². The zero-order chi connectivity index (χ0) is 10.9. The lowest BCUT2D eigenvalue weighted by Gasteiger charge is -2.20. The maximum absolute atomic E-state index is 6.14. The average molecular weight is 212 g/mol. The lowest BCUT2D eigenvalue weighted by Crippen LogP contribution is -2.19. The molecule has 0 radical (unpaired) electrons. The molecule has 1 heterocycles. The zero-order valence-corrected chi connectivity index (χ0v) is 10.6. The number of ether oxygens (including phenoxy) is 1. The minimum Gasteiger partial charge on any atom is -0.375 e. The van der Waals surface area contributed by atoms with Crippen molar-refractivity contribution in [1.82, 2.24) is 0 Å². The molecule has 1 nitrogen and oxygen atoms in total. The Balaban J connectivity index is 2.15. The molecule has 0 aromatic heterocycles. The van der Waals surface area contributed by atoms with Crippen LogP contribution in [0.1, 0.15) is 78.1 Å². The number of unbranched alkanes of at least 4 members (excludes halogenated alkanes) is 3. The second-order valence-electron chi connectivity index (χ2n) is 4.92. The maximum Gasteiger partial charge on any atom is 0.0578 e. The van der Waals surface area contributed by atoms with Gasteiger partial charge in [-0.15, -0.1) is 0 Å². The van der Waals surface area contributed by atoms with E-state index in [1.54, 1.807) is 0 Å². The standard InChI is InChI=1S/C14H28O/c1-3-5-6-7-11-14-12-9-8-10-13(4-2)15-14/h13-14H,3-12H2,1-2H3/t13-,14+/m0/s1. The van der Waals surface area contributed by atoms with Crippen molar-refractivity contribution in [3.8, 4) is 0 Å². The molecule has 90 valence electrons. The van der Waals surface area contributed by atoms with Gasteiger partial charge in [0.25, 0.3) is 0 Å². The highest BCUT2D eigenvalue weighted by molar-refractivity contribution is 4.68. The smallest absolute Gasteiger partial charge is 0.0578 e. The minimum absolute atomic E-state index is 0.559. The third-order valence-corrected chi connectivity index (χ3v) is 3.52. The van der Waals surface area contributed by atoms with E-state index in [4.69, 9.17) is 4.74 Å². The Morgan fingerprint density at radius 1 is 0.933 bits per heavy atom. The first-order valence-electron chi connectivity index (χ1n) is 7.02. The Hall–Kier alpha value is -0.0400. The molecule has 0 N–H and O–H groups in total. The van der Waals surface area contributed by atoms with E-state index in [-0.39, 0.29) is 0 Å². The van der Waals surface area contributed by atoms with Gasteiger partial charge in [-0.2, -0.15) is 0 Å². The number of hydrogen-bond donors (Lipinski definition) is 0. The van der Waals surface area contributed by atoms with Crippen molar-refractivity contribution in [2.45, 2.75) is 90.3 Å². The summed E-state index contributed by atoms with van der Waals surface area (Å²) in [5.41, 5.74) is 0. The molecule has 0 bridgehead atoms. The van der Waals surface area contributed by atoms with Gasteiger partial charge < -0.3 is 4.74 Å². The van der Waals surface area contributed by atoms with Crippen molar-refractivity contribution in [1.29, 1.82) is 0 Å². The van der Waals surface area contributed by atoms with Gasteiger partial charge in [0.15, 0.2) is 0 Å². The highest BCUT2D eigenvalue weighted by Gasteiger charge is 2.18. The van der Waals surface area contributed by atoms with Crippen molar-refractivity contribution < 1.29 is 4.74 Å². The van der Waals surface area contributed by atoms with Crippen LogP contribution in [0, 0.1) is 0 Å². The molecule has 1 fully saturated rings. The first-order valence-corrected chi connectivity index (χ1v) is 7.02. The monoisotopic (exact) mass is 212 g/mol. The molecule has 2 atom stereocenters. The topological polar surface area (TPSA) is 9.23 Å². The molecule has 0 amide bonds. The van der Waals surface area contributed by atoms with Gasteiger partial charge in [-0.05, 0) is 25.7 Å². The summed E-state index contributed by atoms with van der Waals surface area (Å²) in [6.07, 6.45) is 14.5. The highest BCUT2D eigenvalue weighted by atomic mass is 16.5. The summed E-state index contributed by atoms with van der Waals surface area (Å²) in [6.45, 7) is 4.53. The second-order valence-corrected chi connectivity index (χ2v) is 4.92. The molecule has 0 saturated carbocycles. The van der Waals surface area contributed by atoms with Crippen molar-refractivity contribution in [2.24, 2.45) is 0 Å². The summed E-state index contributed by atoms with van der Waals surface area (Å²) in [5.74, 6) is 0. The van der Waals surface area contributed by atoms with Crippen LogP contribution in [0.5, 0.6) is 0 Å². The van der Waals surface area contributed by atoms with Gasteiger partial charge in [-0.1, -0.05) is 52.4 Å². The van der Waals surface area contributed by atoms with Crippen LogP contribution in [-0.4, -0.2) is 12.2 Å². The van der Waals surface area contributed by atoms with Crippen molar-refractivity contribution in [3.05, 3.63) is 0 Å². The van der Waals surface area contributed by atoms with Crippen LogP contribution in [-0.2, 0) is 4.74 Å². The first-order chi connectivity index (χ1) is 7.36. The van der Waals surface area contributed by atoms with Crippen molar-refractivity contribution in [3.63, 3.8) is 0 Å². The SMILES string of the molecule is CCCCCC[C@@H]1CCCC[C@H](CC)O1. The van der Waals surface area contributed by atoms with Gasteiger partial charge in [-0.25, -0.2) is 0 Å². The summed E-state index contributed by atoms with van der Waals surface area (Å²) in [4.78, 5) is 0. The van der Waals surface area contributed by atoms with Crippen LogP contribution < -0.4 is 0 Å². The predicted octanol–water partition coefficient (Wildman–Crippen LogP) is 4.69. The Morgan fingerprint density at radius 2 is 1.67 bits per heavy atom. The Morgan fingerprint density at radius 3 is 2.33 bits per heavy atom. The molecule has 1 aliphatic rings. The summed E-state index contributed by atoms with van der Waals surface area (Å²) >= 11 is 0. The summed E-state index contributed by atoms with van der Waals surface area (Å²) in [6, 6.07) is 0. The fourth-order valence-corrected chi connectivity index (χ4v) is 2.46. The molecule has 1 rings (SSSR count). The molecule has 0 aromatic rings. The molecule has 0 spiro atoms. The molecule has 0 aliphatic carbocycles. The normalized spacial score (nSPS) is 27.6. The molecule has 15 heavy (non-hydrogen) atoms. The van der Waals surface area contributed by atoms with E-state index in [1.165, 1.54) is 64.2 Å². The lowest BCUT2D eigenvalue weighted by atomic mass is 10.0. The van der Waals surface area contributed by atoms with E-state index in [9.17, 15) is 0 Å². The quantitative estimate of drug-likeness (QED) is 0.580. The van der Waals surface area contributed by atoms with Gasteiger partial charge in [0, 0.05) is 0 Å². The summed E-state index contributed by atoms with van der Waals surface area (Å²) in [5, 5.41) is 0. The Labute approximate surface area is 95.6 Å². The number of rotatable bonds is 6. The molecular formula is C14H28O. The molecule has 1 aliphatic heterocycles. The highest BCUT2D eigenvalue weighted by Crippen LogP contribution is 2.23. The van der Waals surface area contributed by atoms with Gasteiger partial charge >= 0.3 is 0 Å². The van der Waals surface area contributed by atoms with E-state index >= 15 is 0 Å². The maximum atomic E-state index is 6.14. The van der Waals surface area contributed by atoms with Crippen LogP contribution in [0.15, 0.2) is 0 Å². The van der Waals surface area contributed by atoms with Crippen LogP contribution in [0.2, 0.25) is 0 Å². The third-order valence-electron chi connectivity index (χ3n) is 3.52. The molecule has 1 heteroatoms.